The predicted octanol–water partition coefficient (Wildman–Crippen LogP) is 4.11. The first-order valence-electron chi connectivity index (χ1n) is 9.55. The highest BCUT2D eigenvalue weighted by Gasteiger charge is 2.30. The van der Waals surface area contributed by atoms with Crippen molar-refractivity contribution in [3.63, 3.8) is 0 Å². The lowest BCUT2D eigenvalue weighted by Gasteiger charge is -2.26. The number of aromatic nitrogens is 2. The van der Waals surface area contributed by atoms with Crippen LogP contribution in [0.2, 0.25) is 0 Å². The zero-order chi connectivity index (χ0) is 21.0. The van der Waals surface area contributed by atoms with Crippen LogP contribution >= 0.6 is 11.3 Å². The number of ether oxygens (including phenoxy) is 1. The van der Waals surface area contributed by atoms with Gasteiger partial charge in [0.05, 0.1) is 11.0 Å². The van der Waals surface area contributed by atoms with Gasteiger partial charge in [0.1, 0.15) is 11.6 Å². The molecule has 8 heteroatoms. The number of likely N-dealkylation sites (N-methyl/N-ethyl adjacent to an activating group) is 1. The van der Waals surface area contributed by atoms with Crippen molar-refractivity contribution >= 4 is 40.3 Å². The minimum atomic E-state index is -0.767. The number of imidazole rings is 1. The van der Waals surface area contributed by atoms with Crippen molar-refractivity contribution in [2.45, 2.75) is 45.8 Å². The molecule has 0 fully saturated rings. The van der Waals surface area contributed by atoms with Gasteiger partial charge in [-0.3, -0.25) is 9.69 Å². The minimum Gasteiger partial charge on any atom is -0.444 e. The first kappa shape index (κ1) is 20.9. The SMILES string of the molecule is CCN(C(=O)C(Cc1cccs1)NC(=O)OC(C)(C)C)c1nc2ccccc2[nH]1. The minimum absolute atomic E-state index is 0.245. The van der Waals surface area contributed by atoms with Crippen molar-refractivity contribution in [3.8, 4) is 0 Å². The van der Waals surface area contributed by atoms with Gasteiger partial charge in [-0.05, 0) is 51.3 Å². The number of anilines is 1. The first-order chi connectivity index (χ1) is 13.8. The maximum Gasteiger partial charge on any atom is 0.408 e. The molecule has 0 aliphatic rings. The number of nitrogens with zero attached hydrogens (tertiary/aromatic N) is 2. The molecule has 0 aliphatic heterocycles. The van der Waals surface area contributed by atoms with E-state index in [1.54, 1.807) is 37.0 Å². The smallest absolute Gasteiger partial charge is 0.408 e. The van der Waals surface area contributed by atoms with Crippen LogP contribution in [-0.2, 0) is 16.0 Å². The van der Waals surface area contributed by atoms with Gasteiger partial charge >= 0.3 is 6.09 Å². The molecular formula is C21H26N4O3S. The molecule has 0 radical (unpaired) electrons. The van der Waals surface area contributed by atoms with E-state index in [0.717, 1.165) is 15.9 Å². The molecule has 1 atom stereocenters. The summed E-state index contributed by atoms with van der Waals surface area (Å²) in [6, 6.07) is 10.7. The molecule has 0 spiro atoms. The average Bonchev–Trinajstić information content (AvgIpc) is 3.29. The van der Waals surface area contributed by atoms with E-state index in [1.165, 1.54) is 0 Å². The molecule has 1 aromatic carbocycles. The maximum atomic E-state index is 13.4. The van der Waals surface area contributed by atoms with Gasteiger partial charge in [0.15, 0.2) is 0 Å². The number of hydrogen-bond acceptors (Lipinski definition) is 5. The van der Waals surface area contributed by atoms with Crippen LogP contribution in [0.3, 0.4) is 0 Å². The molecule has 154 valence electrons. The number of carbonyl (C=O) groups is 2. The summed E-state index contributed by atoms with van der Waals surface area (Å²) in [5.74, 6) is 0.215. The highest BCUT2D eigenvalue weighted by molar-refractivity contribution is 7.09. The van der Waals surface area contributed by atoms with Gasteiger partial charge in [-0.2, -0.15) is 0 Å². The number of benzene rings is 1. The van der Waals surface area contributed by atoms with Crippen LogP contribution in [0.5, 0.6) is 0 Å². The van der Waals surface area contributed by atoms with Crippen LogP contribution < -0.4 is 10.2 Å². The molecule has 3 rings (SSSR count). The Morgan fingerprint density at radius 1 is 1.24 bits per heavy atom. The number of nitrogens with one attached hydrogen (secondary N) is 2. The second-order valence-corrected chi connectivity index (χ2v) is 8.67. The predicted molar refractivity (Wildman–Crippen MR) is 115 cm³/mol. The molecule has 1 unspecified atom stereocenters. The Morgan fingerprint density at radius 2 is 2.00 bits per heavy atom. The van der Waals surface area contributed by atoms with E-state index in [-0.39, 0.29) is 5.91 Å². The van der Waals surface area contributed by atoms with Crippen molar-refractivity contribution < 1.29 is 14.3 Å². The molecular weight excluding hydrogens is 388 g/mol. The first-order valence-corrected chi connectivity index (χ1v) is 10.4. The van der Waals surface area contributed by atoms with Gasteiger partial charge in [0.2, 0.25) is 5.95 Å². The van der Waals surface area contributed by atoms with Gasteiger partial charge in [-0.25, -0.2) is 9.78 Å². The van der Waals surface area contributed by atoms with Crippen LogP contribution in [-0.4, -0.2) is 40.2 Å². The monoisotopic (exact) mass is 414 g/mol. The molecule has 29 heavy (non-hydrogen) atoms. The Hall–Kier alpha value is -2.87. The number of fused-ring (bicyclic) bond motifs is 1. The summed E-state index contributed by atoms with van der Waals surface area (Å²) in [4.78, 5) is 36.0. The lowest BCUT2D eigenvalue weighted by molar-refractivity contribution is -0.120. The number of amides is 2. The van der Waals surface area contributed by atoms with Crippen LogP contribution in [0.1, 0.15) is 32.6 Å². The third-order valence-electron chi connectivity index (χ3n) is 4.19. The van der Waals surface area contributed by atoms with E-state index in [4.69, 9.17) is 4.74 Å². The van der Waals surface area contributed by atoms with Gasteiger partial charge in [-0.1, -0.05) is 18.2 Å². The Balaban J connectivity index is 1.85. The van der Waals surface area contributed by atoms with Crippen LogP contribution in [0.15, 0.2) is 41.8 Å². The van der Waals surface area contributed by atoms with Crippen molar-refractivity contribution in [3.05, 3.63) is 46.7 Å². The van der Waals surface area contributed by atoms with Crippen molar-refractivity contribution in [2.75, 3.05) is 11.4 Å². The average molecular weight is 415 g/mol. The van der Waals surface area contributed by atoms with Gasteiger partial charge < -0.3 is 15.0 Å². The largest absolute Gasteiger partial charge is 0.444 e. The molecule has 7 nitrogen and oxygen atoms in total. The van der Waals surface area contributed by atoms with Crippen molar-refractivity contribution in [1.82, 2.24) is 15.3 Å². The van der Waals surface area contributed by atoms with E-state index in [2.05, 4.69) is 15.3 Å². The lowest BCUT2D eigenvalue weighted by Crippen LogP contribution is -2.51. The highest BCUT2D eigenvalue weighted by Crippen LogP contribution is 2.20. The number of para-hydroxylation sites is 2. The van der Waals surface area contributed by atoms with Crippen LogP contribution in [0.25, 0.3) is 11.0 Å². The summed E-state index contributed by atoms with van der Waals surface area (Å²) < 4.78 is 5.36. The van der Waals surface area contributed by atoms with Crippen LogP contribution in [0.4, 0.5) is 10.7 Å². The second kappa shape index (κ2) is 8.65. The quantitative estimate of drug-likeness (QED) is 0.635. The molecule has 0 saturated carbocycles. The fraction of sp³-hybridized carbons (Fsp3) is 0.381. The Bertz CT molecular complexity index is 942. The molecule has 2 amide bonds. The van der Waals surface area contributed by atoms with E-state index in [1.807, 2.05) is 48.7 Å². The van der Waals surface area contributed by atoms with E-state index in [0.29, 0.717) is 18.9 Å². The number of H-pyrrole nitrogens is 1. The number of alkyl carbamates (subject to hydrolysis) is 1. The highest BCUT2D eigenvalue weighted by atomic mass is 32.1. The lowest BCUT2D eigenvalue weighted by atomic mass is 10.1. The van der Waals surface area contributed by atoms with E-state index >= 15 is 0 Å². The van der Waals surface area contributed by atoms with E-state index < -0.39 is 17.7 Å². The van der Waals surface area contributed by atoms with E-state index in [9.17, 15) is 9.59 Å². The molecule has 2 aromatic heterocycles. The Kier molecular flexibility index (Phi) is 6.22. The van der Waals surface area contributed by atoms with Crippen LogP contribution in [0, 0.1) is 0 Å². The number of carbonyl (C=O) groups excluding carboxylic acids is 2. The zero-order valence-electron chi connectivity index (χ0n) is 17.1. The summed E-state index contributed by atoms with van der Waals surface area (Å²) >= 11 is 1.54. The molecule has 2 N–H and O–H groups in total. The fourth-order valence-electron chi connectivity index (χ4n) is 2.95. The molecule has 0 bridgehead atoms. The third kappa shape index (κ3) is 5.35. The Labute approximate surface area is 174 Å². The maximum absolute atomic E-state index is 13.4. The Morgan fingerprint density at radius 3 is 2.62 bits per heavy atom. The van der Waals surface area contributed by atoms with Crippen molar-refractivity contribution in [2.24, 2.45) is 0 Å². The molecule has 3 aromatic rings. The molecule has 0 saturated heterocycles. The van der Waals surface area contributed by atoms with Crippen molar-refractivity contribution in [1.29, 1.82) is 0 Å². The topological polar surface area (TPSA) is 87.3 Å². The summed E-state index contributed by atoms with van der Waals surface area (Å²) in [5.41, 5.74) is 0.983. The van der Waals surface area contributed by atoms with Gasteiger partial charge in [0, 0.05) is 17.8 Å². The number of thiophene rings is 1. The fourth-order valence-corrected chi connectivity index (χ4v) is 3.70. The number of aromatic amines is 1. The van der Waals surface area contributed by atoms with Gasteiger partial charge in [0.25, 0.3) is 5.91 Å². The third-order valence-corrected chi connectivity index (χ3v) is 5.09. The molecule has 2 heterocycles. The summed E-state index contributed by atoms with van der Waals surface area (Å²) in [7, 11) is 0. The van der Waals surface area contributed by atoms with Gasteiger partial charge in [-0.15, -0.1) is 11.3 Å². The summed E-state index contributed by atoms with van der Waals surface area (Å²) in [5, 5.41) is 4.69. The number of hydrogen-bond donors (Lipinski definition) is 2. The standard InChI is InChI=1S/C21H26N4O3S/c1-5-25(19-22-15-10-6-7-11-16(15)23-19)18(26)17(13-14-9-8-12-29-14)24-20(27)28-21(2,3)4/h6-12,17H,5,13H2,1-4H3,(H,22,23)(H,24,27). The second-order valence-electron chi connectivity index (χ2n) is 7.64. The number of rotatable bonds is 6. The zero-order valence-corrected chi connectivity index (χ0v) is 17.9. The summed E-state index contributed by atoms with van der Waals surface area (Å²) in [6.07, 6.45) is -0.236. The normalized spacial score (nSPS) is 12.6. The summed E-state index contributed by atoms with van der Waals surface area (Å²) in [6.45, 7) is 7.65. The molecule has 0 aliphatic carbocycles.